The van der Waals surface area contributed by atoms with Crippen molar-refractivity contribution in [1.82, 2.24) is 0 Å². The van der Waals surface area contributed by atoms with Crippen molar-refractivity contribution in [3.05, 3.63) is 108 Å². The zero-order valence-corrected chi connectivity index (χ0v) is 15.4. The molecule has 0 nitrogen and oxygen atoms in total. The molecule has 0 spiro atoms. The molecule has 1 aliphatic rings. The van der Waals surface area contributed by atoms with Gasteiger partial charge in [-0.1, -0.05) is 91.0 Å². The van der Waals surface area contributed by atoms with Crippen LogP contribution in [0.2, 0.25) is 0 Å². The van der Waals surface area contributed by atoms with E-state index in [4.69, 9.17) is 0 Å². The van der Waals surface area contributed by atoms with Crippen molar-refractivity contribution in [2.75, 3.05) is 0 Å². The molecule has 4 rings (SSSR count). The quantitative estimate of drug-likeness (QED) is 0.461. The lowest BCUT2D eigenvalue weighted by atomic mass is 9.73. The Labute approximate surface area is 157 Å². The molecule has 1 saturated carbocycles. The van der Waals surface area contributed by atoms with Crippen molar-refractivity contribution >= 4 is 0 Å². The van der Waals surface area contributed by atoms with Gasteiger partial charge in [-0.2, -0.15) is 0 Å². The molecule has 0 aliphatic heterocycles. The molecule has 0 radical (unpaired) electrons. The summed E-state index contributed by atoms with van der Waals surface area (Å²) in [7, 11) is 0. The van der Waals surface area contributed by atoms with Crippen molar-refractivity contribution in [1.29, 1.82) is 0 Å². The second-order valence-electron chi connectivity index (χ2n) is 7.74. The second kappa shape index (κ2) is 8.36. The molecule has 3 aromatic carbocycles. The zero-order chi connectivity index (χ0) is 17.6. The van der Waals surface area contributed by atoms with Gasteiger partial charge in [-0.05, 0) is 60.6 Å². The number of hydrogen-bond acceptors (Lipinski definition) is 0. The molecule has 1 aliphatic carbocycles. The van der Waals surface area contributed by atoms with Crippen LogP contribution in [0.5, 0.6) is 0 Å². The van der Waals surface area contributed by atoms with Crippen LogP contribution in [0.3, 0.4) is 0 Å². The van der Waals surface area contributed by atoms with Crippen LogP contribution >= 0.6 is 0 Å². The molecule has 0 heterocycles. The highest BCUT2D eigenvalue weighted by Gasteiger charge is 2.25. The molecule has 0 amide bonds. The number of benzene rings is 3. The fraction of sp³-hybridized carbons (Fsp3) is 0.308. The van der Waals surface area contributed by atoms with Crippen LogP contribution in [0, 0.1) is 5.92 Å². The third-order valence-electron chi connectivity index (χ3n) is 6.09. The molecule has 0 bridgehead atoms. The van der Waals surface area contributed by atoms with E-state index >= 15 is 0 Å². The van der Waals surface area contributed by atoms with Crippen molar-refractivity contribution in [2.24, 2.45) is 5.92 Å². The summed E-state index contributed by atoms with van der Waals surface area (Å²) < 4.78 is 0. The molecule has 0 atom stereocenters. The van der Waals surface area contributed by atoms with E-state index < -0.39 is 0 Å². The molecule has 132 valence electrons. The third kappa shape index (κ3) is 4.07. The summed E-state index contributed by atoms with van der Waals surface area (Å²) in [6.07, 6.45) is 6.66. The molecule has 0 heteroatoms. The van der Waals surface area contributed by atoms with Crippen molar-refractivity contribution in [2.45, 2.75) is 43.9 Å². The first-order valence-corrected chi connectivity index (χ1v) is 10.0. The lowest BCUT2D eigenvalue weighted by Gasteiger charge is -2.31. The fourth-order valence-corrected chi connectivity index (χ4v) is 4.63. The average Bonchev–Trinajstić information content (AvgIpc) is 2.74. The van der Waals surface area contributed by atoms with Crippen LogP contribution in [-0.2, 0) is 0 Å². The minimum Gasteiger partial charge on any atom is -0.0622 e. The Kier molecular flexibility index (Phi) is 5.50. The summed E-state index contributed by atoms with van der Waals surface area (Å²) in [5.74, 6) is 2.12. The van der Waals surface area contributed by atoms with E-state index in [1.807, 2.05) is 0 Å². The van der Waals surface area contributed by atoms with Gasteiger partial charge in [0.2, 0.25) is 0 Å². The Morgan fingerprint density at radius 3 is 1.54 bits per heavy atom. The number of hydrogen-bond donors (Lipinski definition) is 0. The molecule has 3 aromatic rings. The predicted octanol–water partition coefficient (Wildman–Crippen LogP) is 7.18. The van der Waals surface area contributed by atoms with Gasteiger partial charge in [-0.25, -0.2) is 0 Å². The maximum absolute atomic E-state index is 2.31. The lowest BCUT2D eigenvalue weighted by Crippen LogP contribution is -2.16. The van der Waals surface area contributed by atoms with Gasteiger partial charge < -0.3 is 0 Å². The van der Waals surface area contributed by atoms with E-state index in [-0.39, 0.29) is 0 Å². The molecule has 0 N–H and O–H groups in total. The first kappa shape index (κ1) is 17.1. The van der Waals surface area contributed by atoms with Gasteiger partial charge in [-0.15, -0.1) is 0 Å². The topological polar surface area (TPSA) is 0 Å². The maximum atomic E-state index is 2.31. The van der Waals surface area contributed by atoms with E-state index in [1.165, 1.54) is 48.8 Å². The Morgan fingerprint density at radius 2 is 1.04 bits per heavy atom. The largest absolute Gasteiger partial charge is 0.0622 e. The van der Waals surface area contributed by atoms with E-state index in [0.717, 1.165) is 11.8 Å². The van der Waals surface area contributed by atoms with Gasteiger partial charge in [0.05, 0.1) is 0 Å². The normalized spacial score (nSPS) is 20.2. The summed E-state index contributed by atoms with van der Waals surface area (Å²) in [4.78, 5) is 0. The van der Waals surface area contributed by atoms with Crippen molar-refractivity contribution in [3.8, 4) is 0 Å². The summed E-state index contributed by atoms with van der Waals surface area (Å²) in [5.41, 5.74) is 4.46. The van der Waals surface area contributed by atoms with Crippen LogP contribution in [0.25, 0.3) is 0 Å². The van der Waals surface area contributed by atoms with E-state index in [2.05, 4.69) is 91.0 Å². The Balaban J connectivity index is 1.46. The van der Waals surface area contributed by atoms with Crippen molar-refractivity contribution < 1.29 is 0 Å². The first-order chi connectivity index (χ1) is 12.9. The van der Waals surface area contributed by atoms with Gasteiger partial charge >= 0.3 is 0 Å². The van der Waals surface area contributed by atoms with Gasteiger partial charge in [0.25, 0.3) is 0 Å². The molecular formula is C26H28. The predicted molar refractivity (Wildman–Crippen MR) is 110 cm³/mol. The Morgan fingerprint density at radius 1 is 0.577 bits per heavy atom. The van der Waals surface area contributed by atoms with Gasteiger partial charge in [0, 0.05) is 5.92 Å². The molecule has 26 heavy (non-hydrogen) atoms. The summed E-state index contributed by atoms with van der Waals surface area (Å²) in [6.45, 7) is 0. The first-order valence-electron chi connectivity index (χ1n) is 10.0. The number of rotatable bonds is 5. The maximum Gasteiger partial charge on any atom is 0.00919 e. The second-order valence-corrected chi connectivity index (χ2v) is 7.74. The zero-order valence-electron chi connectivity index (χ0n) is 15.4. The highest BCUT2D eigenvalue weighted by atomic mass is 14.3. The molecule has 1 fully saturated rings. The van der Waals surface area contributed by atoms with Crippen molar-refractivity contribution in [3.63, 3.8) is 0 Å². The molecule has 0 unspecified atom stereocenters. The van der Waals surface area contributed by atoms with Crippen LogP contribution in [-0.4, -0.2) is 0 Å². The molecule has 0 saturated heterocycles. The fourth-order valence-electron chi connectivity index (χ4n) is 4.63. The van der Waals surface area contributed by atoms with Crippen LogP contribution in [0.1, 0.15) is 60.6 Å². The van der Waals surface area contributed by atoms with Gasteiger partial charge in [0.1, 0.15) is 0 Å². The van der Waals surface area contributed by atoms with E-state index in [0.29, 0.717) is 5.92 Å². The van der Waals surface area contributed by atoms with Gasteiger partial charge in [0.15, 0.2) is 0 Å². The smallest absolute Gasteiger partial charge is 0.00919 e. The van der Waals surface area contributed by atoms with E-state index in [1.54, 1.807) is 0 Å². The van der Waals surface area contributed by atoms with E-state index in [9.17, 15) is 0 Å². The molecule has 0 aromatic heterocycles. The van der Waals surface area contributed by atoms with Crippen LogP contribution in [0.15, 0.2) is 91.0 Å². The van der Waals surface area contributed by atoms with Gasteiger partial charge in [-0.3, -0.25) is 0 Å². The summed E-state index contributed by atoms with van der Waals surface area (Å²) >= 11 is 0. The minimum absolute atomic E-state index is 0.524. The highest BCUT2D eigenvalue weighted by Crippen LogP contribution is 2.41. The standard InChI is InChI=1S/C26H28/c1-4-10-22(11-5-1)23-18-16-21(17-19-23)20-26(24-12-6-2-7-13-24)25-14-8-3-9-15-25/h1-15,21,23,26H,16-20H2. The SMILES string of the molecule is c1ccc(C2CCC(CC(c3ccccc3)c3ccccc3)CC2)cc1. The molecular weight excluding hydrogens is 312 g/mol. The Hall–Kier alpha value is -2.34. The third-order valence-corrected chi connectivity index (χ3v) is 6.09. The minimum atomic E-state index is 0.524. The summed E-state index contributed by atoms with van der Waals surface area (Å²) in [5, 5.41) is 0. The summed E-state index contributed by atoms with van der Waals surface area (Å²) in [6, 6.07) is 33.3. The monoisotopic (exact) mass is 340 g/mol. The van der Waals surface area contributed by atoms with Crippen LogP contribution in [0.4, 0.5) is 0 Å². The highest BCUT2D eigenvalue weighted by molar-refractivity contribution is 5.32. The Bertz CT molecular complexity index is 729. The average molecular weight is 341 g/mol. The van der Waals surface area contributed by atoms with Crippen LogP contribution < -0.4 is 0 Å². The lowest BCUT2D eigenvalue weighted by molar-refractivity contribution is 0.301.